The molecule has 1 heterocycles. The van der Waals surface area contributed by atoms with Gasteiger partial charge in [-0.3, -0.25) is 9.00 Å². The third-order valence-electron chi connectivity index (χ3n) is 4.02. The van der Waals surface area contributed by atoms with Crippen molar-refractivity contribution in [2.45, 2.75) is 24.1 Å². The summed E-state index contributed by atoms with van der Waals surface area (Å²) in [5, 5.41) is 2.81. The molecule has 0 bridgehead atoms. The summed E-state index contributed by atoms with van der Waals surface area (Å²) in [4.78, 5) is 13.0. The van der Waals surface area contributed by atoms with Crippen LogP contribution >= 0.6 is 0 Å². The molecule has 1 amide bonds. The van der Waals surface area contributed by atoms with Crippen LogP contribution in [0.5, 0.6) is 5.75 Å². The van der Waals surface area contributed by atoms with Crippen LogP contribution in [-0.4, -0.2) is 17.2 Å². The van der Waals surface area contributed by atoms with Gasteiger partial charge >= 0.3 is 0 Å². The van der Waals surface area contributed by atoms with Gasteiger partial charge in [0.2, 0.25) is 0 Å². The second kappa shape index (κ2) is 8.68. The maximum atomic E-state index is 12.4. The van der Waals surface area contributed by atoms with E-state index in [1.165, 1.54) is 0 Å². The first-order valence-electron chi connectivity index (χ1n) is 8.50. The highest BCUT2D eigenvalue weighted by molar-refractivity contribution is 7.84. The highest BCUT2D eigenvalue weighted by Gasteiger charge is 2.13. The molecular weight excluding hydrogens is 362 g/mol. The largest absolute Gasteiger partial charge is 0.497 e. The highest BCUT2D eigenvalue weighted by Crippen LogP contribution is 2.16. The molecule has 0 saturated heterocycles. The van der Waals surface area contributed by atoms with E-state index in [4.69, 9.17) is 9.15 Å². The number of rotatable bonds is 7. The molecule has 140 valence electrons. The Morgan fingerprint density at radius 1 is 1.11 bits per heavy atom. The standard InChI is InChI=1S/C21H21NO4S/c1-15-4-3-5-19(12-15)27(24)14-18-10-11-20(26-18)21(23)22-13-16-6-8-17(25-2)9-7-16/h3-12H,13-14H2,1-2H3,(H,22,23)/t27-/m1/s1. The van der Waals surface area contributed by atoms with Gasteiger partial charge in [-0.15, -0.1) is 0 Å². The number of ether oxygens (including phenoxy) is 1. The first kappa shape index (κ1) is 18.9. The summed E-state index contributed by atoms with van der Waals surface area (Å²) >= 11 is 0. The smallest absolute Gasteiger partial charge is 0.287 e. The van der Waals surface area contributed by atoms with Crippen LogP contribution in [0, 0.1) is 6.92 Å². The predicted octanol–water partition coefficient (Wildman–Crippen LogP) is 3.83. The van der Waals surface area contributed by atoms with Crippen LogP contribution in [0.1, 0.15) is 27.4 Å². The van der Waals surface area contributed by atoms with Gasteiger partial charge in [-0.2, -0.15) is 0 Å². The minimum absolute atomic E-state index is 0.208. The number of furan rings is 1. The normalized spacial score (nSPS) is 11.8. The third kappa shape index (κ3) is 5.08. The number of benzene rings is 2. The van der Waals surface area contributed by atoms with Gasteiger partial charge in [0.25, 0.3) is 5.91 Å². The van der Waals surface area contributed by atoms with Crippen molar-refractivity contribution in [3.63, 3.8) is 0 Å². The van der Waals surface area contributed by atoms with Crippen molar-refractivity contribution < 1.29 is 18.2 Å². The third-order valence-corrected chi connectivity index (χ3v) is 5.35. The number of methoxy groups -OCH3 is 1. The van der Waals surface area contributed by atoms with Crippen molar-refractivity contribution in [1.82, 2.24) is 5.32 Å². The van der Waals surface area contributed by atoms with Crippen LogP contribution in [0.4, 0.5) is 0 Å². The number of hydrogen-bond acceptors (Lipinski definition) is 4. The Morgan fingerprint density at radius 3 is 2.59 bits per heavy atom. The summed E-state index contributed by atoms with van der Waals surface area (Å²) in [5.41, 5.74) is 2.01. The SMILES string of the molecule is COc1ccc(CNC(=O)c2ccc(C[S@@](=O)c3cccc(C)c3)o2)cc1. The summed E-state index contributed by atoms with van der Waals surface area (Å²) in [6.45, 7) is 2.34. The van der Waals surface area contributed by atoms with Crippen LogP contribution in [0.25, 0.3) is 0 Å². The molecule has 5 nitrogen and oxygen atoms in total. The fourth-order valence-electron chi connectivity index (χ4n) is 2.56. The Labute approximate surface area is 160 Å². The Bertz CT molecular complexity index is 947. The molecule has 0 fully saturated rings. The molecule has 0 saturated carbocycles. The van der Waals surface area contributed by atoms with Crippen LogP contribution in [0.3, 0.4) is 0 Å². The molecule has 0 aliphatic carbocycles. The second-order valence-electron chi connectivity index (χ2n) is 6.10. The van der Waals surface area contributed by atoms with Crippen LogP contribution in [-0.2, 0) is 23.1 Å². The van der Waals surface area contributed by atoms with E-state index < -0.39 is 10.8 Å². The lowest BCUT2D eigenvalue weighted by molar-refractivity contribution is 0.0921. The predicted molar refractivity (Wildman–Crippen MR) is 104 cm³/mol. The minimum Gasteiger partial charge on any atom is -0.497 e. The molecule has 0 spiro atoms. The summed E-state index contributed by atoms with van der Waals surface area (Å²) in [6.07, 6.45) is 0. The van der Waals surface area contributed by atoms with Gasteiger partial charge in [0.15, 0.2) is 5.76 Å². The van der Waals surface area contributed by atoms with Crippen LogP contribution in [0.15, 0.2) is 70.0 Å². The quantitative estimate of drug-likeness (QED) is 0.673. The van der Waals surface area contributed by atoms with E-state index in [0.29, 0.717) is 12.3 Å². The molecule has 3 rings (SSSR count). The van der Waals surface area contributed by atoms with Crippen LogP contribution in [0.2, 0.25) is 0 Å². The fourth-order valence-corrected chi connectivity index (χ4v) is 3.69. The van der Waals surface area contributed by atoms with E-state index in [1.807, 2.05) is 55.5 Å². The van der Waals surface area contributed by atoms with E-state index in [0.717, 1.165) is 21.8 Å². The average molecular weight is 383 g/mol. The molecule has 0 radical (unpaired) electrons. The Hall–Kier alpha value is -2.86. The topological polar surface area (TPSA) is 68.5 Å². The van der Waals surface area contributed by atoms with Gasteiger partial charge in [0, 0.05) is 11.4 Å². The Balaban J connectivity index is 1.57. The molecule has 1 aromatic heterocycles. The lowest BCUT2D eigenvalue weighted by Gasteiger charge is -2.05. The molecular formula is C21H21NO4S. The molecule has 0 aliphatic rings. The lowest BCUT2D eigenvalue weighted by Crippen LogP contribution is -2.22. The van der Waals surface area contributed by atoms with Gasteiger partial charge in [-0.05, 0) is 54.4 Å². The van der Waals surface area contributed by atoms with E-state index in [9.17, 15) is 9.00 Å². The monoisotopic (exact) mass is 383 g/mol. The molecule has 0 unspecified atom stereocenters. The molecule has 2 aromatic carbocycles. The Morgan fingerprint density at radius 2 is 1.89 bits per heavy atom. The van der Waals surface area contributed by atoms with Gasteiger partial charge in [0.1, 0.15) is 11.5 Å². The minimum atomic E-state index is -1.22. The number of carbonyl (C=O) groups excluding carboxylic acids is 1. The van der Waals surface area contributed by atoms with E-state index in [-0.39, 0.29) is 17.4 Å². The maximum Gasteiger partial charge on any atom is 0.287 e. The zero-order chi connectivity index (χ0) is 19.2. The van der Waals surface area contributed by atoms with Crippen molar-refractivity contribution in [2.24, 2.45) is 0 Å². The highest BCUT2D eigenvalue weighted by atomic mass is 32.2. The molecule has 3 aromatic rings. The van der Waals surface area contributed by atoms with E-state index in [2.05, 4.69) is 5.32 Å². The average Bonchev–Trinajstić information content (AvgIpc) is 3.15. The Kier molecular flexibility index (Phi) is 6.08. The fraction of sp³-hybridized carbons (Fsp3) is 0.190. The zero-order valence-electron chi connectivity index (χ0n) is 15.2. The number of nitrogens with one attached hydrogen (secondary N) is 1. The van der Waals surface area contributed by atoms with Crippen LogP contribution < -0.4 is 10.1 Å². The molecule has 0 aliphatic heterocycles. The molecule has 1 atom stereocenters. The van der Waals surface area contributed by atoms with Crippen molar-refractivity contribution >= 4 is 16.7 Å². The van der Waals surface area contributed by atoms with Crippen molar-refractivity contribution in [2.75, 3.05) is 7.11 Å². The van der Waals surface area contributed by atoms with Crippen molar-refractivity contribution in [1.29, 1.82) is 0 Å². The molecule has 27 heavy (non-hydrogen) atoms. The number of aryl methyl sites for hydroxylation is 1. The van der Waals surface area contributed by atoms with Gasteiger partial charge < -0.3 is 14.5 Å². The maximum absolute atomic E-state index is 12.4. The first-order valence-corrected chi connectivity index (χ1v) is 9.82. The molecule has 6 heteroatoms. The van der Waals surface area contributed by atoms with Crippen molar-refractivity contribution in [3.8, 4) is 5.75 Å². The summed E-state index contributed by atoms with van der Waals surface area (Å²) in [5.74, 6) is 1.42. The van der Waals surface area contributed by atoms with Gasteiger partial charge in [0.05, 0.1) is 23.7 Å². The van der Waals surface area contributed by atoms with E-state index in [1.54, 1.807) is 19.2 Å². The number of carbonyl (C=O) groups is 1. The number of hydrogen-bond donors (Lipinski definition) is 1. The first-order chi connectivity index (χ1) is 13.0. The van der Waals surface area contributed by atoms with Crippen molar-refractivity contribution in [3.05, 3.63) is 83.3 Å². The van der Waals surface area contributed by atoms with Gasteiger partial charge in [-0.1, -0.05) is 24.3 Å². The zero-order valence-corrected chi connectivity index (χ0v) is 16.0. The summed E-state index contributed by atoms with van der Waals surface area (Å²) in [6, 6.07) is 18.3. The molecule has 1 N–H and O–H groups in total. The number of amides is 1. The van der Waals surface area contributed by atoms with E-state index >= 15 is 0 Å². The van der Waals surface area contributed by atoms with Gasteiger partial charge in [-0.25, -0.2) is 0 Å². The summed E-state index contributed by atoms with van der Waals surface area (Å²) in [7, 11) is 0.390. The summed E-state index contributed by atoms with van der Waals surface area (Å²) < 4.78 is 23.1. The lowest BCUT2D eigenvalue weighted by atomic mass is 10.2. The second-order valence-corrected chi connectivity index (χ2v) is 7.55.